The third kappa shape index (κ3) is 5.33. The first-order valence-corrected chi connectivity index (χ1v) is 12.8. The van der Waals surface area contributed by atoms with E-state index in [0.29, 0.717) is 17.7 Å². The van der Waals surface area contributed by atoms with Gasteiger partial charge in [-0.3, -0.25) is 14.9 Å². The van der Waals surface area contributed by atoms with E-state index in [1.165, 1.54) is 12.1 Å². The molecular formula is C32H27N3O5. The van der Waals surface area contributed by atoms with Crippen molar-refractivity contribution in [1.82, 2.24) is 9.88 Å². The summed E-state index contributed by atoms with van der Waals surface area (Å²) in [4.78, 5) is 35.0. The highest BCUT2D eigenvalue weighted by Gasteiger charge is 2.16. The number of carbonyl (C=O) groups excluding carboxylic acids is 1. The van der Waals surface area contributed by atoms with Crippen LogP contribution in [0.2, 0.25) is 0 Å². The van der Waals surface area contributed by atoms with Crippen LogP contribution in [-0.2, 0) is 6.54 Å². The number of fused-ring (bicyclic) bond motifs is 1. The van der Waals surface area contributed by atoms with Crippen LogP contribution >= 0.6 is 0 Å². The first-order chi connectivity index (χ1) is 19.2. The molecule has 4 aromatic carbocycles. The van der Waals surface area contributed by atoms with Crippen LogP contribution in [0.5, 0.6) is 0 Å². The Labute approximate surface area is 230 Å². The molecule has 0 aliphatic carbocycles. The molecule has 5 rings (SSSR count). The SMILES string of the molecule is Cc1cc2cc(C(=O)N[C@@H](C)c3ccc([N+](=O)[O-])cc3)ccc2n1Cc1ccc(-c2ccccc2C(=O)O)cc1. The molecule has 0 saturated heterocycles. The number of nitro benzene ring substituents is 1. The Morgan fingerprint density at radius 2 is 1.65 bits per heavy atom. The van der Waals surface area contributed by atoms with Crippen molar-refractivity contribution in [2.75, 3.05) is 0 Å². The Balaban J connectivity index is 1.32. The van der Waals surface area contributed by atoms with Crippen LogP contribution < -0.4 is 5.32 Å². The second kappa shape index (κ2) is 10.9. The minimum absolute atomic E-state index is 0.00655. The van der Waals surface area contributed by atoms with Crippen molar-refractivity contribution >= 4 is 28.5 Å². The lowest BCUT2D eigenvalue weighted by Gasteiger charge is -2.14. The number of rotatable bonds is 8. The number of carboxylic acid groups (broad SMARTS) is 1. The summed E-state index contributed by atoms with van der Waals surface area (Å²) in [7, 11) is 0. The van der Waals surface area contributed by atoms with E-state index in [-0.39, 0.29) is 23.2 Å². The molecule has 0 radical (unpaired) electrons. The molecule has 0 spiro atoms. The predicted molar refractivity (Wildman–Crippen MR) is 154 cm³/mol. The normalized spacial score (nSPS) is 11.8. The molecule has 1 amide bonds. The van der Waals surface area contributed by atoms with Gasteiger partial charge >= 0.3 is 5.97 Å². The average molecular weight is 534 g/mol. The molecule has 0 saturated carbocycles. The summed E-state index contributed by atoms with van der Waals surface area (Å²) >= 11 is 0. The monoisotopic (exact) mass is 533 g/mol. The lowest BCUT2D eigenvalue weighted by Crippen LogP contribution is -2.26. The fraction of sp³-hybridized carbons (Fsp3) is 0.125. The number of hydrogen-bond acceptors (Lipinski definition) is 4. The molecular weight excluding hydrogens is 506 g/mol. The van der Waals surface area contributed by atoms with Gasteiger partial charge in [-0.2, -0.15) is 0 Å². The molecule has 0 aliphatic rings. The third-order valence-corrected chi connectivity index (χ3v) is 7.09. The number of aromatic carboxylic acids is 1. The lowest BCUT2D eigenvalue weighted by atomic mass is 9.99. The van der Waals surface area contributed by atoms with Crippen LogP contribution in [0, 0.1) is 17.0 Å². The molecule has 0 unspecified atom stereocenters. The van der Waals surface area contributed by atoms with E-state index in [1.807, 2.05) is 68.4 Å². The van der Waals surface area contributed by atoms with Gasteiger partial charge in [-0.15, -0.1) is 0 Å². The summed E-state index contributed by atoms with van der Waals surface area (Å²) in [6.07, 6.45) is 0. The van der Waals surface area contributed by atoms with Crippen molar-refractivity contribution in [2.24, 2.45) is 0 Å². The summed E-state index contributed by atoms with van der Waals surface area (Å²) in [6.45, 7) is 4.48. The fourth-order valence-corrected chi connectivity index (χ4v) is 4.90. The smallest absolute Gasteiger partial charge is 0.336 e. The van der Waals surface area contributed by atoms with Gasteiger partial charge in [0.15, 0.2) is 0 Å². The van der Waals surface area contributed by atoms with Gasteiger partial charge in [-0.1, -0.05) is 54.6 Å². The molecule has 1 atom stereocenters. The van der Waals surface area contributed by atoms with Crippen LogP contribution in [0.25, 0.3) is 22.0 Å². The molecule has 5 aromatic rings. The zero-order valence-electron chi connectivity index (χ0n) is 22.0. The molecule has 200 valence electrons. The Kier molecular flexibility index (Phi) is 7.16. The van der Waals surface area contributed by atoms with Crippen molar-refractivity contribution in [3.05, 3.63) is 135 Å². The second-order valence-corrected chi connectivity index (χ2v) is 9.74. The van der Waals surface area contributed by atoms with E-state index < -0.39 is 10.9 Å². The number of nitrogens with zero attached hydrogens (tertiary/aromatic N) is 2. The quantitative estimate of drug-likeness (QED) is 0.169. The van der Waals surface area contributed by atoms with Crippen molar-refractivity contribution < 1.29 is 19.6 Å². The van der Waals surface area contributed by atoms with E-state index in [4.69, 9.17) is 0 Å². The standard InChI is InChI=1S/C32H27N3O5/c1-20-17-26-18-25(31(36)33-21(2)23-11-14-27(15-12-23)35(39)40)13-16-30(26)34(20)19-22-7-9-24(10-8-22)28-5-3-4-6-29(28)32(37)38/h3-18,21H,19H2,1-2H3,(H,33,36)(H,37,38)/t21-/m0/s1. The number of amides is 1. The molecule has 0 aliphatic heterocycles. The summed E-state index contributed by atoms with van der Waals surface area (Å²) in [5.41, 5.74) is 6.21. The first kappa shape index (κ1) is 26.4. The van der Waals surface area contributed by atoms with Crippen molar-refractivity contribution in [3.8, 4) is 11.1 Å². The highest BCUT2D eigenvalue weighted by molar-refractivity contribution is 5.98. The van der Waals surface area contributed by atoms with E-state index in [1.54, 1.807) is 30.3 Å². The number of benzene rings is 4. The van der Waals surface area contributed by atoms with Gasteiger partial charge in [0.25, 0.3) is 11.6 Å². The molecule has 0 fully saturated rings. The Hall–Kier alpha value is -5.24. The van der Waals surface area contributed by atoms with Gasteiger partial charge in [-0.05, 0) is 66.4 Å². The maximum atomic E-state index is 13.0. The van der Waals surface area contributed by atoms with Gasteiger partial charge in [0, 0.05) is 40.8 Å². The average Bonchev–Trinajstić information content (AvgIpc) is 3.27. The van der Waals surface area contributed by atoms with E-state index in [2.05, 4.69) is 9.88 Å². The van der Waals surface area contributed by atoms with Crippen LogP contribution in [0.15, 0.2) is 97.1 Å². The zero-order valence-corrected chi connectivity index (χ0v) is 22.0. The Morgan fingerprint density at radius 1 is 0.950 bits per heavy atom. The van der Waals surface area contributed by atoms with Crippen molar-refractivity contribution in [3.63, 3.8) is 0 Å². The zero-order chi connectivity index (χ0) is 28.4. The fourth-order valence-electron chi connectivity index (χ4n) is 4.90. The number of nitrogens with one attached hydrogen (secondary N) is 1. The highest BCUT2D eigenvalue weighted by Crippen LogP contribution is 2.27. The number of carbonyl (C=O) groups is 2. The maximum absolute atomic E-state index is 13.0. The summed E-state index contributed by atoms with van der Waals surface area (Å²) in [5, 5.41) is 24.3. The second-order valence-electron chi connectivity index (χ2n) is 9.74. The lowest BCUT2D eigenvalue weighted by molar-refractivity contribution is -0.384. The number of nitro groups is 1. The van der Waals surface area contributed by atoms with Crippen molar-refractivity contribution in [2.45, 2.75) is 26.4 Å². The number of hydrogen-bond donors (Lipinski definition) is 2. The maximum Gasteiger partial charge on any atom is 0.336 e. The number of carboxylic acids is 1. The van der Waals surface area contributed by atoms with E-state index >= 15 is 0 Å². The van der Waals surface area contributed by atoms with Crippen molar-refractivity contribution in [1.29, 1.82) is 0 Å². The van der Waals surface area contributed by atoms with E-state index in [0.717, 1.165) is 33.3 Å². The minimum Gasteiger partial charge on any atom is -0.478 e. The summed E-state index contributed by atoms with van der Waals surface area (Å²) in [5.74, 6) is -1.18. The summed E-state index contributed by atoms with van der Waals surface area (Å²) in [6, 6.07) is 28.3. The van der Waals surface area contributed by atoms with Gasteiger partial charge < -0.3 is 15.0 Å². The topological polar surface area (TPSA) is 114 Å². The third-order valence-electron chi connectivity index (χ3n) is 7.09. The highest BCUT2D eigenvalue weighted by atomic mass is 16.6. The molecule has 8 heteroatoms. The first-order valence-electron chi connectivity index (χ1n) is 12.8. The largest absolute Gasteiger partial charge is 0.478 e. The summed E-state index contributed by atoms with van der Waals surface area (Å²) < 4.78 is 2.18. The van der Waals surface area contributed by atoms with Gasteiger partial charge in [0.05, 0.1) is 16.5 Å². The van der Waals surface area contributed by atoms with Crippen LogP contribution in [-0.4, -0.2) is 26.5 Å². The number of aryl methyl sites for hydroxylation is 1. The molecule has 8 nitrogen and oxygen atoms in total. The van der Waals surface area contributed by atoms with E-state index in [9.17, 15) is 24.8 Å². The van der Waals surface area contributed by atoms with Gasteiger partial charge in [0.1, 0.15) is 0 Å². The van der Waals surface area contributed by atoms with Crippen LogP contribution in [0.4, 0.5) is 5.69 Å². The van der Waals surface area contributed by atoms with Crippen LogP contribution in [0.1, 0.15) is 50.5 Å². The molecule has 0 bridgehead atoms. The predicted octanol–water partition coefficient (Wildman–Crippen LogP) is 6.76. The minimum atomic E-state index is -0.956. The number of non-ortho nitro benzene ring substituents is 1. The Bertz CT molecular complexity index is 1740. The molecule has 1 heterocycles. The molecule has 40 heavy (non-hydrogen) atoms. The molecule has 1 aromatic heterocycles. The number of aromatic nitrogens is 1. The Morgan fingerprint density at radius 3 is 2.33 bits per heavy atom. The van der Waals surface area contributed by atoms with Gasteiger partial charge in [0.2, 0.25) is 0 Å². The van der Waals surface area contributed by atoms with Crippen LogP contribution in [0.3, 0.4) is 0 Å². The van der Waals surface area contributed by atoms with Gasteiger partial charge in [-0.25, -0.2) is 4.79 Å². The molecule has 2 N–H and O–H groups in total.